The predicted octanol–water partition coefficient (Wildman–Crippen LogP) is 4.20. The van der Waals surface area contributed by atoms with Crippen LogP contribution in [-0.4, -0.2) is 12.4 Å². The second-order valence-electron chi connectivity index (χ2n) is 5.58. The minimum atomic E-state index is 0.0396. The predicted molar refractivity (Wildman–Crippen MR) is 75.1 cm³/mol. The zero-order chi connectivity index (χ0) is 13.7. The quantitative estimate of drug-likeness (QED) is 0.705. The molecule has 0 aliphatic rings. The minimum absolute atomic E-state index is 0.0396. The van der Waals surface area contributed by atoms with Gasteiger partial charge in [-0.2, -0.15) is 0 Å². The van der Waals surface area contributed by atoms with E-state index in [1.807, 2.05) is 38.1 Å². The Labute approximate surface area is 110 Å². The van der Waals surface area contributed by atoms with Gasteiger partial charge in [-0.1, -0.05) is 34.6 Å². The number of carbonyl (C=O) groups is 1. The molecule has 0 N–H and O–H groups in total. The first kappa shape index (κ1) is 14.7. The maximum Gasteiger partial charge on any atom is 0.165 e. The molecule has 0 saturated carbocycles. The van der Waals surface area contributed by atoms with Crippen molar-refractivity contribution in [3.63, 3.8) is 0 Å². The van der Waals surface area contributed by atoms with Gasteiger partial charge in [-0.25, -0.2) is 0 Å². The Bertz CT molecular complexity index is 377. The van der Waals surface area contributed by atoms with E-state index in [1.165, 1.54) is 0 Å². The topological polar surface area (TPSA) is 26.3 Å². The van der Waals surface area contributed by atoms with E-state index >= 15 is 0 Å². The number of benzene rings is 1. The van der Waals surface area contributed by atoms with Gasteiger partial charge in [-0.05, 0) is 36.1 Å². The number of rotatable bonds is 6. The van der Waals surface area contributed by atoms with Crippen molar-refractivity contribution in [1.29, 1.82) is 0 Å². The van der Waals surface area contributed by atoms with Crippen molar-refractivity contribution in [2.75, 3.05) is 6.61 Å². The molecular weight excluding hydrogens is 224 g/mol. The monoisotopic (exact) mass is 248 g/mol. The summed E-state index contributed by atoms with van der Waals surface area (Å²) in [5.41, 5.74) is 0.759. The van der Waals surface area contributed by atoms with E-state index in [4.69, 9.17) is 4.74 Å². The number of Topliss-reactive ketones (excluding diaryl/α,β-unsaturated/α-hetero) is 1. The number of hydrogen-bond donors (Lipinski definition) is 0. The van der Waals surface area contributed by atoms with Crippen LogP contribution >= 0.6 is 0 Å². The van der Waals surface area contributed by atoms with Crippen molar-refractivity contribution < 1.29 is 9.53 Å². The Morgan fingerprint density at radius 1 is 1.06 bits per heavy atom. The maximum absolute atomic E-state index is 11.8. The Morgan fingerprint density at radius 3 is 2.06 bits per heavy atom. The molecule has 0 fully saturated rings. The number of ether oxygens (including phenoxy) is 1. The van der Waals surface area contributed by atoms with Crippen molar-refractivity contribution in [2.45, 2.75) is 34.6 Å². The standard InChI is InChI=1S/C16H24O2/c1-11(2)13(5)10-18-15-8-6-14(7-9-15)16(17)12(3)4/h6-9,11-13H,10H2,1-5H3. The summed E-state index contributed by atoms with van der Waals surface area (Å²) in [6.45, 7) is 11.1. The molecule has 18 heavy (non-hydrogen) atoms. The third kappa shape index (κ3) is 4.17. The molecule has 1 aromatic carbocycles. The van der Waals surface area contributed by atoms with Gasteiger partial charge in [0.1, 0.15) is 5.75 Å². The summed E-state index contributed by atoms with van der Waals surface area (Å²) in [4.78, 5) is 11.8. The van der Waals surface area contributed by atoms with Crippen LogP contribution in [-0.2, 0) is 0 Å². The zero-order valence-corrected chi connectivity index (χ0v) is 12.1. The minimum Gasteiger partial charge on any atom is -0.493 e. The van der Waals surface area contributed by atoms with Crippen LogP contribution in [0.4, 0.5) is 0 Å². The summed E-state index contributed by atoms with van der Waals surface area (Å²) >= 11 is 0. The van der Waals surface area contributed by atoms with E-state index in [1.54, 1.807) is 0 Å². The molecule has 0 aliphatic heterocycles. The Hall–Kier alpha value is -1.31. The summed E-state index contributed by atoms with van der Waals surface area (Å²) in [5.74, 6) is 2.20. The summed E-state index contributed by atoms with van der Waals surface area (Å²) in [6, 6.07) is 7.45. The van der Waals surface area contributed by atoms with Crippen molar-refractivity contribution in [3.8, 4) is 5.75 Å². The Balaban J connectivity index is 2.58. The van der Waals surface area contributed by atoms with E-state index in [2.05, 4.69) is 20.8 Å². The van der Waals surface area contributed by atoms with Gasteiger partial charge in [-0.15, -0.1) is 0 Å². The van der Waals surface area contributed by atoms with E-state index in [0.29, 0.717) is 11.8 Å². The van der Waals surface area contributed by atoms with Crippen LogP contribution in [0.25, 0.3) is 0 Å². The average Bonchev–Trinajstić information content (AvgIpc) is 2.35. The van der Waals surface area contributed by atoms with Gasteiger partial charge >= 0.3 is 0 Å². The highest BCUT2D eigenvalue weighted by molar-refractivity contribution is 5.97. The van der Waals surface area contributed by atoms with Gasteiger partial charge in [0, 0.05) is 11.5 Å². The first-order chi connectivity index (χ1) is 8.41. The van der Waals surface area contributed by atoms with E-state index in [9.17, 15) is 4.79 Å². The lowest BCUT2D eigenvalue weighted by Gasteiger charge is -2.16. The molecule has 1 atom stereocenters. The van der Waals surface area contributed by atoms with Gasteiger partial charge in [0.05, 0.1) is 6.61 Å². The molecule has 0 amide bonds. The lowest BCUT2D eigenvalue weighted by atomic mass is 9.99. The van der Waals surface area contributed by atoms with E-state index in [0.717, 1.165) is 17.9 Å². The molecule has 0 bridgehead atoms. The fourth-order valence-corrected chi connectivity index (χ4v) is 1.47. The molecule has 0 radical (unpaired) electrons. The van der Waals surface area contributed by atoms with Crippen molar-refractivity contribution in [1.82, 2.24) is 0 Å². The molecule has 1 rings (SSSR count). The third-order valence-electron chi connectivity index (χ3n) is 3.31. The smallest absolute Gasteiger partial charge is 0.165 e. The van der Waals surface area contributed by atoms with Crippen LogP contribution in [0, 0.1) is 17.8 Å². The number of carbonyl (C=O) groups excluding carboxylic acids is 1. The van der Waals surface area contributed by atoms with Crippen LogP contribution in [0.1, 0.15) is 45.0 Å². The Kier molecular flexibility index (Phi) is 5.39. The fraction of sp³-hybridized carbons (Fsp3) is 0.562. The number of hydrogen-bond acceptors (Lipinski definition) is 2. The lowest BCUT2D eigenvalue weighted by molar-refractivity contribution is 0.0939. The van der Waals surface area contributed by atoms with Gasteiger partial charge in [0.2, 0.25) is 0 Å². The first-order valence-corrected chi connectivity index (χ1v) is 6.69. The molecule has 2 heteroatoms. The summed E-state index contributed by atoms with van der Waals surface area (Å²) in [5, 5.41) is 0. The Morgan fingerprint density at radius 2 is 1.61 bits per heavy atom. The molecule has 1 aromatic rings. The van der Waals surface area contributed by atoms with Gasteiger partial charge < -0.3 is 4.74 Å². The maximum atomic E-state index is 11.8. The van der Waals surface area contributed by atoms with Crippen LogP contribution < -0.4 is 4.74 Å². The van der Waals surface area contributed by atoms with Crippen LogP contribution in [0.3, 0.4) is 0 Å². The lowest BCUT2D eigenvalue weighted by Crippen LogP contribution is -2.14. The van der Waals surface area contributed by atoms with Crippen molar-refractivity contribution in [3.05, 3.63) is 29.8 Å². The molecule has 0 spiro atoms. The van der Waals surface area contributed by atoms with Gasteiger partial charge in [0.15, 0.2) is 5.78 Å². The van der Waals surface area contributed by atoms with Crippen molar-refractivity contribution >= 4 is 5.78 Å². The molecule has 1 unspecified atom stereocenters. The molecule has 100 valence electrons. The normalized spacial score (nSPS) is 12.8. The fourth-order valence-electron chi connectivity index (χ4n) is 1.47. The van der Waals surface area contributed by atoms with Crippen LogP contribution in [0.15, 0.2) is 24.3 Å². The SMILES string of the molecule is CC(C)C(=O)c1ccc(OCC(C)C(C)C)cc1. The number of ketones is 1. The second-order valence-corrected chi connectivity index (χ2v) is 5.58. The average molecular weight is 248 g/mol. The van der Waals surface area contributed by atoms with Crippen LogP contribution in [0.5, 0.6) is 5.75 Å². The highest BCUT2D eigenvalue weighted by atomic mass is 16.5. The van der Waals surface area contributed by atoms with Gasteiger partial charge in [0.25, 0.3) is 0 Å². The largest absolute Gasteiger partial charge is 0.493 e. The zero-order valence-electron chi connectivity index (χ0n) is 12.1. The summed E-state index contributed by atoms with van der Waals surface area (Å²) in [6.07, 6.45) is 0. The van der Waals surface area contributed by atoms with Crippen molar-refractivity contribution in [2.24, 2.45) is 17.8 Å². The molecule has 0 aliphatic carbocycles. The first-order valence-electron chi connectivity index (χ1n) is 6.69. The second kappa shape index (κ2) is 6.58. The summed E-state index contributed by atoms with van der Waals surface area (Å²) in [7, 11) is 0. The van der Waals surface area contributed by atoms with E-state index < -0.39 is 0 Å². The highest BCUT2D eigenvalue weighted by Crippen LogP contribution is 2.17. The molecule has 0 saturated heterocycles. The molecule has 0 heterocycles. The molecule has 0 aromatic heterocycles. The van der Waals surface area contributed by atoms with E-state index in [-0.39, 0.29) is 11.7 Å². The third-order valence-corrected chi connectivity index (χ3v) is 3.31. The van der Waals surface area contributed by atoms with Gasteiger partial charge in [-0.3, -0.25) is 4.79 Å². The van der Waals surface area contributed by atoms with Crippen LogP contribution in [0.2, 0.25) is 0 Å². The summed E-state index contributed by atoms with van der Waals surface area (Å²) < 4.78 is 5.71. The molecular formula is C16H24O2. The molecule has 2 nitrogen and oxygen atoms in total. The highest BCUT2D eigenvalue weighted by Gasteiger charge is 2.11.